The Hall–Kier alpha value is -2.96. The van der Waals surface area contributed by atoms with Gasteiger partial charge in [0.2, 0.25) is 0 Å². The average Bonchev–Trinajstić information content (AvgIpc) is 3.06. The molecule has 0 amide bonds. The fourth-order valence-electron chi connectivity index (χ4n) is 3.65. The van der Waals surface area contributed by atoms with Gasteiger partial charge in [-0.05, 0) is 85.2 Å². The monoisotopic (exact) mass is 452 g/mol. The normalized spacial score (nSPS) is 10.9. The van der Waals surface area contributed by atoms with E-state index < -0.39 is 0 Å². The van der Waals surface area contributed by atoms with Crippen molar-refractivity contribution in [1.82, 2.24) is 14.9 Å². The summed E-state index contributed by atoms with van der Waals surface area (Å²) in [6.07, 6.45) is 4.31. The Labute approximate surface area is 191 Å². The van der Waals surface area contributed by atoms with E-state index in [1.807, 2.05) is 30.3 Å². The van der Waals surface area contributed by atoms with Crippen molar-refractivity contribution in [2.24, 2.45) is 0 Å². The van der Waals surface area contributed by atoms with E-state index >= 15 is 0 Å². The van der Waals surface area contributed by atoms with Gasteiger partial charge in [0.05, 0.1) is 0 Å². The van der Waals surface area contributed by atoms with E-state index in [2.05, 4.69) is 27.1 Å². The quantitative estimate of drug-likeness (QED) is 0.346. The number of pyridine rings is 1. The van der Waals surface area contributed by atoms with Gasteiger partial charge in [0, 0.05) is 52.8 Å². The van der Waals surface area contributed by atoms with Crippen molar-refractivity contribution in [3.63, 3.8) is 0 Å². The van der Waals surface area contributed by atoms with Crippen LogP contribution in [0.1, 0.15) is 16.8 Å². The number of nitrogens with one attached hydrogen (secondary N) is 2. The lowest BCUT2D eigenvalue weighted by Crippen LogP contribution is -2.36. The predicted molar refractivity (Wildman–Crippen MR) is 129 cm³/mol. The molecule has 0 fully saturated rings. The second-order valence-electron chi connectivity index (χ2n) is 7.39. The molecule has 158 valence electrons. The molecule has 4 aromatic rings. The van der Waals surface area contributed by atoms with Gasteiger partial charge >= 0.3 is 0 Å². The van der Waals surface area contributed by atoms with Crippen LogP contribution in [0, 0.1) is 12.7 Å². The van der Waals surface area contributed by atoms with E-state index in [4.69, 9.17) is 23.8 Å². The maximum atomic E-state index is 13.6. The molecule has 0 radical (unpaired) electrons. The number of nitrogens with zero attached hydrogens (tertiary/aromatic N) is 2. The van der Waals surface area contributed by atoms with Gasteiger partial charge in [-0.2, -0.15) is 0 Å². The van der Waals surface area contributed by atoms with Crippen molar-refractivity contribution in [1.29, 1.82) is 0 Å². The highest BCUT2D eigenvalue weighted by molar-refractivity contribution is 7.80. The van der Waals surface area contributed by atoms with Crippen molar-refractivity contribution in [3.8, 4) is 0 Å². The molecule has 0 spiro atoms. The number of hydrogen-bond donors (Lipinski definition) is 2. The first kappa shape index (κ1) is 21.3. The third-order valence-corrected chi connectivity index (χ3v) is 5.79. The number of H-pyrrole nitrogens is 1. The Balaban J connectivity index is 1.56. The summed E-state index contributed by atoms with van der Waals surface area (Å²) in [4.78, 5) is 9.60. The predicted octanol–water partition coefficient (Wildman–Crippen LogP) is 6.11. The molecule has 0 aliphatic carbocycles. The van der Waals surface area contributed by atoms with Crippen LogP contribution in [0.3, 0.4) is 0 Å². The zero-order valence-corrected chi connectivity index (χ0v) is 18.6. The number of aryl methyl sites for hydroxylation is 1. The molecule has 31 heavy (non-hydrogen) atoms. The first-order valence-corrected chi connectivity index (χ1v) is 10.8. The average molecular weight is 453 g/mol. The van der Waals surface area contributed by atoms with E-state index in [0.29, 0.717) is 28.9 Å². The van der Waals surface area contributed by atoms with E-state index in [9.17, 15) is 4.39 Å². The van der Waals surface area contributed by atoms with Crippen molar-refractivity contribution in [2.75, 3.05) is 11.9 Å². The molecule has 4 rings (SSSR count). The van der Waals surface area contributed by atoms with Gasteiger partial charge in [0.15, 0.2) is 5.11 Å². The number of anilines is 1. The second-order valence-corrected chi connectivity index (χ2v) is 8.21. The molecule has 2 aromatic heterocycles. The molecule has 0 bridgehead atoms. The third-order valence-electron chi connectivity index (χ3n) is 5.20. The number of benzene rings is 2. The third kappa shape index (κ3) is 5.21. The van der Waals surface area contributed by atoms with Crippen molar-refractivity contribution < 1.29 is 4.39 Å². The molecule has 0 unspecified atom stereocenters. The molecular formula is C24H22ClFN4S. The lowest BCUT2D eigenvalue weighted by molar-refractivity contribution is 0.423. The summed E-state index contributed by atoms with van der Waals surface area (Å²) in [6, 6.07) is 16.1. The number of aromatic nitrogens is 2. The fourth-order valence-corrected chi connectivity index (χ4v) is 4.10. The number of rotatable bonds is 6. The Morgan fingerprint density at radius 1 is 1.16 bits per heavy atom. The van der Waals surface area contributed by atoms with Crippen molar-refractivity contribution >= 4 is 45.5 Å². The zero-order chi connectivity index (χ0) is 21.8. The van der Waals surface area contributed by atoms with Crippen molar-refractivity contribution in [3.05, 3.63) is 94.7 Å². The number of aromatic amines is 1. The summed E-state index contributed by atoms with van der Waals surface area (Å²) < 4.78 is 13.6. The van der Waals surface area contributed by atoms with Gasteiger partial charge in [-0.15, -0.1) is 0 Å². The number of halogens is 2. The Morgan fingerprint density at radius 2 is 1.97 bits per heavy atom. The van der Waals surface area contributed by atoms with Gasteiger partial charge < -0.3 is 15.2 Å². The van der Waals surface area contributed by atoms with Gasteiger partial charge in [0.1, 0.15) is 5.82 Å². The lowest BCUT2D eigenvalue weighted by Gasteiger charge is -2.26. The van der Waals surface area contributed by atoms with Crippen LogP contribution >= 0.6 is 23.8 Å². The van der Waals surface area contributed by atoms with Crippen LogP contribution in [0.25, 0.3) is 10.9 Å². The second kappa shape index (κ2) is 9.45. The first-order valence-electron chi connectivity index (χ1n) is 9.97. The summed E-state index contributed by atoms with van der Waals surface area (Å²) in [6.45, 7) is 3.37. The summed E-state index contributed by atoms with van der Waals surface area (Å²) in [5.74, 6) is -0.306. The van der Waals surface area contributed by atoms with Crippen LogP contribution in [0.5, 0.6) is 0 Å². The van der Waals surface area contributed by atoms with Crippen LogP contribution in [0.2, 0.25) is 5.02 Å². The molecule has 0 saturated heterocycles. The Kier molecular flexibility index (Phi) is 6.49. The number of fused-ring (bicyclic) bond motifs is 1. The van der Waals surface area contributed by atoms with E-state index in [1.54, 1.807) is 24.5 Å². The maximum absolute atomic E-state index is 13.6. The molecule has 0 atom stereocenters. The molecule has 0 aliphatic rings. The minimum atomic E-state index is -0.306. The molecule has 7 heteroatoms. The number of hydrogen-bond acceptors (Lipinski definition) is 2. The SMILES string of the molecule is Cc1[nH]c2ccc(Cl)cc2c1CCN(Cc1ccncc1)C(=S)Nc1cccc(F)c1. The summed E-state index contributed by atoms with van der Waals surface area (Å²) in [5, 5.41) is 5.54. The highest BCUT2D eigenvalue weighted by Gasteiger charge is 2.15. The Bertz CT molecular complexity index is 1210. The van der Waals surface area contributed by atoms with Gasteiger partial charge in [-0.3, -0.25) is 4.98 Å². The molecule has 0 aliphatic heterocycles. The smallest absolute Gasteiger partial charge is 0.173 e. The summed E-state index contributed by atoms with van der Waals surface area (Å²) in [5.41, 5.74) is 5.12. The summed E-state index contributed by atoms with van der Waals surface area (Å²) >= 11 is 11.9. The van der Waals surface area contributed by atoms with Gasteiger partial charge in [-0.1, -0.05) is 17.7 Å². The first-order chi connectivity index (χ1) is 15.0. The molecule has 0 saturated carbocycles. The topological polar surface area (TPSA) is 44.0 Å². The Morgan fingerprint density at radius 3 is 2.74 bits per heavy atom. The maximum Gasteiger partial charge on any atom is 0.173 e. The molecule has 2 heterocycles. The fraction of sp³-hybridized carbons (Fsp3) is 0.167. The lowest BCUT2D eigenvalue weighted by atomic mass is 10.1. The minimum Gasteiger partial charge on any atom is -0.358 e. The zero-order valence-electron chi connectivity index (χ0n) is 17.0. The minimum absolute atomic E-state index is 0.306. The summed E-state index contributed by atoms with van der Waals surface area (Å²) in [7, 11) is 0. The molecular weight excluding hydrogens is 431 g/mol. The van der Waals surface area contributed by atoms with Gasteiger partial charge in [-0.25, -0.2) is 4.39 Å². The van der Waals surface area contributed by atoms with Gasteiger partial charge in [0.25, 0.3) is 0 Å². The standard InChI is InChI=1S/C24H22ClFN4S/c1-16-21(22-13-18(25)5-6-23(22)28-16)9-12-30(15-17-7-10-27-11-8-17)24(31)29-20-4-2-3-19(26)14-20/h2-8,10-11,13-14,28H,9,12,15H2,1H3,(H,29,31). The largest absolute Gasteiger partial charge is 0.358 e. The van der Waals surface area contributed by atoms with Crippen LogP contribution < -0.4 is 5.32 Å². The van der Waals surface area contributed by atoms with Crippen LogP contribution in [0.15, 0.2) is 67.0 Å². The van der Waals surface area contributed by atoms with Crippen LogP contribution in [-0.4, -0.2) is 26.5 Å². The van der Waals surface area contributed by atoms with E-state index in [1.165, 1.54) is 17.7 Å². The molecule has 2 N–H and O–H groups in total. The van der Waals surface area contributed by atoms with Crippen LogP contribution in [0.4, 0.5) is 10.1 Å². The van der Waals surface area contributed by atoms with Crippen LogP contribution in [-0.2, 0) is 13.0 Å². The van der Waals surface area contributed by atoms with E-state index in [-0.39, 0.29) is 5.82 Å². The highest BCUT2D eigenvalue weighted by Crippen LogP contribution is 2.26. The molecule has 4 nitrogen and oxygen atoms in total. The van der Waals surface area contributed by atoms with Crippen molar-refractivity contribution in [2.45, 2.75) is 19.9 Å². The van der Waals surface area contributed by atoms with E-state index in [0.717, 1.165) is 28.6 Å². The molecule has 2 aromatic carbocycles. The highest BCUT2D eigenvalue weighted by atomic mass is 35.5. The number of thiocarbonyl (C=S) groups is 1.